The molecule has 1 heterocycles. The first kappa shape index (κ1) is 24.1. The van der Waals surface area contributed by atoms with Crippen molar-refractivity contribution in [3.05, 3.63) is 100 Å². The Kier molecular flexibility index (Phi) is 6.15. The van der Waals surface area contributed by atoms with Crippen LogP contribution in [0.3, 0.4) is 0 Å². The Morgan fingerprint density at radius 3 is 2.23 bits per heavy atom. The average Bonchev–Trinajstić information content (AvgIpc) is 3.10. The number of nitrogens with zero attached hydrogens (tertiary/aromatic N) is 1. The molecule has 3 aromatic carbocycles. The van der Waals surface area contributed by atoms with E-state index in [9.17, 15) is 27.9 Å². The monoisotopic (exact) mass is 481 g/mol. The fraction of sp³-hybridized carbons (Fsp3) is 0.185. The van der Waals surface area contributed by atoms with Crippen molar-refractivity contribution in [2.24, 2.45) is 0 Å². The number of carbonyl (C=O) groups excluding carboxylic acids is 2. The molecular weight excluding hydrogens is 459 g/mol. The summed E-state index contributed by atoms with van der Waals surface area (Å²) in [4.78, 5) is 27.5. The number of ketones is 1. The Morgan fingerprint density at radius 1 is 0.943 bits per heavy atom. The minimum absolute atomic E-state index is 0.0899. The fourth-order valence-electron chi connectivity index (χ4n) is 4.08. The average molecular weight is 481 g/mol. The summed E-state index contributed by atoms with van der Waals surface area (Å²) >= 11 is 0. The number of amides is 1. The molecule has 0 bridgehead atoms. The van der Waals surface area contributed by atoms with Crippen molar-refractivity contribution in [2.75, 3.05) is 12.0 Å². The quantitative estimate of drug-likeness (QED) is 0.284. The highest BCUT2D eigenvalue weighted by molar-refractivity contribution is 6.51. The van der Waals surface area contributed by atoms with Gasteiger partial charge in [-0.15, -0.1) is 0 Å². The molecule has 5 nitrogen and oxygen atoms in total. The van der Waals surface area contributed by atoms with E-state index in [0.29, 0.717) is 16.9 Å². The van der Waals surface area contributed by atoms with Crippen LogP contribution in [0.1, 0.15) is 33.9 Å². The van der Waals surface area contributed by atoms with Gasteiger partial charge in [-0.25, -0.2) is 0 Å². The summed E-state index contributed by atoms with van der Waals surface area (Å²) in [7, 11) is 1.46. The molecule has 1 aliphatic rings. The summed E-state index contributed by atoms with van der Waals surface area (Å²) in [6.07, 6.45) is -4.55. The van der Waals surface area contributed by atoms with E-state index >= 15 is 0 Å². The molecule has 35 heavy (non-hydrogen) atoms. The second kappa shape index (κ2) is 8.94. The van der Waals surface area contributed by atoms with Gasteiger partial charge in [0.2, 0.25) is 0 Å². The van der Waals surface area contributed by atoms with Crippen LogP contribution in [0, 0.1) is 13.8 Å². The van der Waals surface area contributed by atoms with Crippen molar-refractivity contribution in [3.63, 3.8) is 0 Å². The van der Waals surface area contributed by atoms with Gasteiger partial charge in [0.25, 0.3) is 11.7 Å². The lowest BCUT2D eigenvalue weighted by atomic mass is 9.94. The molecule has 0 aromatic heterocycles. The normalized spacial score (nSPS) is 17.7. The van der Waals surface area contributed by atoms with Gasteiger partial charge in [0.05, 0.1) is 24.3 Å². The van der Waals surface area contributed by atoms with Crippen LogP contribution < -0.4 is 9.64 Å². The number of anilines is 1. The van der Waals surface area contributed by atoms with E-state index in [0.717, 1.165) is 40.3 Å². The van der Waals surface area contributed by atoms with Gasteiger partial charge >= 0.3 is 6.18 Å². The van der Waals surface area contributed by atoms with Crippen LogP contribution in [0.15, 0.2) is 72.3 Å². The Bertz CT molecular complexity index is 1340. The summed E-state index contributed by atoms with van der Waals surface area (Å²) in [5.41, 5.74) is 1.71. The summed E-state index contributed by atoms with van der Waals surface area (Å²) in [6.45, 7) is 3.76. The number of aliphatic hydroxyl groups excluding tert-OH is 1. The van der Waals surface area contributed by atoms with Gasteiger partial charge in [-0.2, -0.15) is 13.2 Å². The minimum atomic E-state index is -4.55. The second-order valence-corrected chi connectivity index (χ2v) is 8.29. The number of carbonyl (C=O) groups is 2. The summed E-state index contributed by atoms with van der Waals surface area (Å²) in [5.74, 6) is -1.81. The van der Waals surface area contributed by atoms with Crippen molar-refractivity contribution in [1.29, 1.82) is 0 Å². The van der Waals surface area contributed by atoms with Crippen LogP contribution in [0.5, 0.6) is 5.75 Å². The van der Waals surface area contributed by atoms with Gasteiger partial charge in [0.15, 0.2) is 0 Å². The van der Waals surface area contributed by atoms with Crippen LogP contribution in [-0.4, -0.2) is 23.9 Å². The molecule has 1 aliphatic heterocycles. The van der Waals surface area contributed by atoms with Crippen LogP contribution in [0.25, 0.3) is 5.76 Å². The minimum Gasteiger partial charge on any atom is -0.507 e. The van der Waals surface area contributed by atoms with Gasteiger partial charge in [-0.05, 0) is 73.0 Å². The largest absolute Gasteiger partial charge is 0.507 e. The van der Waals surface area contributed by atoms with E-state index in [-0.39, 0.29) is 17.0 Å². The summed E-state index contributed by atoms with van der Waals surface area (Å²) in [6, 6.07) is 14.6. The molecule has 1 saturated heterocycles. The van der Waals surface area contributed by atoms with Crippen LogP contribution in [-0.2, 0) is 15.8 Å². The first-order valence-electron chi connectivity index (χ1n) is 10.7. The zero-order chi connectivity index (χ0) is 25.5. The SMILES string of the molecule is COc1cccc(C2/C(=C(/O)c3ccc(C)c(C)c3)C(=O)C(=O)N2c2ccc(C(F)(F)F)cc2)c1. The van der Waals surface area contributed by atoms with E-state index in [4.69, 9.17) is 4.74 Å². The zero-order valence-electron chi connectivity index (χ0n) is 19.2. The number of halogens is 3. The van der Waals surface area contributed by atoms with Crippen molar-refractivity contribution in [3.8, 4) is 5.75 Å². The molecule has 180 valence electrons. The molecular formula is C27H22F3NO4. The number of methoxy groups -OCH3 is 1. The molecule has 3 aromatic rings. The standard InChI is InChI=1S/C27H22F3NO4/c1-15-7-8-18(13-16(15)2)24(32)22-23(17-5-4-6-21(14-17)35-3)31(26(34)25(22)33)20-11-9-19(10-12-20)27(28,29)30/h4-14,23,32H,1-3H3/b24-22-. The molecule has 4 rings (SSSR count). The van der Waals surface area contributed by atoms with Crippen molar-refractivity contribution in [1.82, 2.24) is 0 Å². The van der Waals surface area contributed by atoms with Crippen LogP contribution in [0.4, 0.5) is 18.9 Å². The number of ether oxygens (including phenoxy) is 1. The van der Waals surface area contributed by atoms with Gasteiger partial charge in [0.1, 0.15) is 11.5 Å². The molecule has 1 fully saturated rings. The van der Waals surface area contributed by atoms with E-state index in [2.05, 4.69) is 0 Å². The third-order valence-electron chi connectivity index (χ3n) is 6.11. The molecule has 1 unspecified atom stereocenters. The number of alkyl halides is 3. The third kappa shape index (κ3) is 4.39. The van der Waals surface area contributed by atoms with Gasteiger partial charge in [-0.1, -0.05) is 24.3 Å². The number of hydrogen-bond donors (Lipinski definition) is 1. The number of aryl methyl sites for hydroxylation is 2. The second-order valence-electron chi connectivity index (χ2n) is 8.29. The van der Waals surface area contributed by atoms with E-state index in [1.807, 2.05) is 13.8 Å². The van der Waals surface area contributed by atoms with Crippen molar-refractivity contribution < 1.29 is 32.6 Å². The predicted molar refractivity (Wildman–Crippen MR) is 125 cm³/mol. The maximum atomic E-state index is 13.2. The first-order valence-corrected chi connectivity index (χ1v) is 10.7. The number of Topliss-reactive ketones (excluding diaryl/α,β-unsaturated/α-hetero) is 1. The fourth-order valence-corrected chi connectivity index (χ4v) is 4.08. The lowest BCUT2D eigenvalue weighted by Gasteiger charge is -2.26. The molecule has 0 aliphatic carbocycles. The van der Waals surface area contributed by atoms with E-state index in [1.54, 1.807) is 42.5 Å². The first-order chi connectivity index (χ1) is 16.5. The molecule has 0 spiro atoms. The lowest BCUT2D eigenvalue weighted by Crippen LogP contribution is -2.29. The Morgan fingerprint density at radius 2 is 1.63 bits per heavy atom. The lowest BCUT2D eigenvalue weighted by molar-refractivity contribution is -0.137. The molecule has 8 heteroatoms. The maximum Gasteiger partial charge on any atom is 0.416 e. The molecule has 1 N–H and O–H groups in total. The predicted octanol–water partition coefficient (Wildman–Crippen LogP) is 5.96. The summed E-state index contributed by atoms with van der Waals surface area (Å²) in [5, 5.41) is 11.2. The Labute approximate surface area is 200 Å². The highest BCUT2D eigenvalue weighted by Gasteiger charge is 2.47. The highest BCUT2D eigenvalue weighted by atomic mass is 19.4. The Balaban J connectivity index is 1.93. The number of hydrogen-bond acceptors (Lipinski definition) is 4. The zero-order valence-corrected chi connectivity index (χ0v) is 19.2. The summed E-state index contributed by atoms with van der Waals surface area (Å²) < 4.78 is 44.5. The third-order valence-corrected chi connectivity index (χ3v) is 6.11. The van der Waals surface area contributed by atoms with Gasteiger partial charge < -0.3 is 9.84 Å². The maximum absolute atomic E-state index is 13.2. The smallest absolute Gasteiger partial charge is 0.416 e. The van der Waals surface area contributed by atoms with Gasteiger partial charge in [-0.3, -0.25) is 14.5 Å². The van der Waals surface area contributed by atoms with Crippen LogP contribution in [0.2, 0.25) is 0 Å². The van der Waals surface area contributed by atoms with Crippen LogP contribution >= 0.6 is 0 Å². The van der Waals surface area contributed by atoms with Crippen molar-refractivity contribution >= 4 is 23.1 Å². The molecule has 0 saturated carbocycles. The van der Waals surface area contributed by atoms with Gasteiger partial charge in [0, 0.05) is 11.3 Å². The number of rotatable bonds is 4. The Hall–Kier alpha value is -4.07. The van der Waals surface area contributed by atoms with Crippen molar-refractivity contribution in [2.45, 2.75) is 26.1 Å². The molecule has 0 radical (unpaired) electrons. The number of benzene rings is 3. The molecule has 1 amide bonds. The topological polar surface area (TPSA) is 66.8 Å². The van der Waals surface area contributed by atoms with E-state index in [1.165, 1.54) is 7.11 Å². The number of aliphatic hydroxyl groups is 1. The highest BCUT2D eigenvalue weighted by Crippen LogP contribution is 2.43. The van der Waals surface area contributed by atoms with E-state index < -0.39 is 29.5 Å². The molecule has 1 atom stereocenters.